The largest absolute Gasteiger partial charge is 0.468 e. The smallest absolute Gasteiger partial charge is 0.117 e. The van der Waals surface area contributed by atoms with Gasteiger partial charge in [-0.05, 0) is 32.5 Å². The second-order valence-corrected chi connectivity index (χ2v) is 4.69. The van der Waals surface area contributed by atoms with Crippen LogP contribution in [0.2, 0.25) is 0 Å². The van der Waals surface area contributed by atoms with Crippen molar-refractivity contribution < 1.29 is 9.15 Å². The molecule has 1 rings (SSSR count). The van der Waals surface area contributed by atoms with Gasteiger partial charge in [0.15, 0.2) is 0 Å². The van der Waals surface area contributed by atoms with Crippen LogP contribution in [0.1, 0.15) is 26.5 Å². The maximum Gasteiger partial charge on any atom is 0.117 e. The predicted molar refractivity (Wildman–Crippen MR) is 73.6 cm³/mol. The molecule has 1 aromatic rings. The highest BCUT2D eigenvalue weighted by Crippen LogP contribution is 2.06. The molecule has 0 saturated heterocycles. The lowest BCUT2D eigenvalue weighted by Crippen LogP contribution is -2.46. The van der Waals surface area contributed by atoms with Crippen LogP contribution in [0, 0.1) is 0 Å². The molecule has 0 bridgehead atoms. The minimum absolute atomic E-state index is 0.445. The SMILES string of the molecule is CCN(C(C)CNCc1ccco1)C(C)COC. The molecule has 18 heavy (non-hydrogen) atoms. The van der Waals surface area contributed by atoms with Gasteiger partial charge in [0, 0.05) is 25.7 Å². The molecular weight excluding hydrogens is 228 g/mol. The molecular formula is C14H26N2O2. The fourth-order valence-electron chi connectivity index (χ4n) is 2.33. The monoisotopic (exact) mass is 254 g/mol. The number of likely N-dealkylation sites (N-methyl/N-ethyl adjacent to an activating group) is 1. The van der Waals surface area contributed by atoms with Crippen molar-refractivity contribution in [2.75, 3.05) is 26.8 Å². The molecule has 4 nitrogen and oxygen atoms in total. The third-order valence-corrected chi connectivity index (χ3v) is 3.22. The molecule has 0 aliphatic rings. The van der Waals surface area contributed by atoms with E-state index < -0.39 is 0 Å². The van der Waals surface area contributed by atoms with Crippen molar-refractivity contribution in [3.63, 3.8) is 0 Å². The topological polar surface area (TPSA) is 37.6 Å². The quantitative estimate of drug-likeness (QED) is 0.732. The minimum Gasteiger partial charge on any atom is -0.468 e. The first-order valence-corrected chi connectivity index (χ1v) is 6.66. The molecule has 2 atom stereocenters. The maximum absolute atomic E-state index is 5.29. The number of rotatable bonds is 9. The Hall–Kier alpha value is -0.840. The summed E-state index contributed by atoms with van der Waals surface area (Å²) in [5, 5.41) is 3.42. The normalized spacial score (nSPS) is 14.9. The van der Waals surface area contributed by atoms with Gasteiger partial charge >= 0.3 is 0 Å². The van der Waals surface area contributed by atoms with Crippen LogP contribution >= 0.6 is 0 Å². The highest BCUT2D eigenvalue weighted by molar-refractivity contribution is 4.97. The van der Waals surface area contributed by atoms with Crippen LogP contribution in [0.3, 0.4) is 0 Å². The molecule has 0 aromatic carbocycles. The maximum atomic E-state index is 5.29. The van der Waals surface area contributed by atoms with Crippen LogP contribution in [-0.4, -0.2) is 43.8 Å². The summed E-state index contributed by atoms with van der Waals surface area (Å²) in [6.45, 7) is 10.2. The van der Waals surface area contributed by atoms with Gasteiger partial charge in [-0.15, -0.1) is 0 Å². The lowest BCUT2D eigenvalue weighted by Gasteiger charge is -2.33. The van der Waals surface area contributed by atoms with Crippen molar-refractivity contribution in [1.29, 1.82) is 0 Å². The number of hydrogen-bond acceptors (Lipinski definition) is 4. The van der Waals surface area contributed by atoms with E-state index in [2.05, 4.69) is 31.0 Å². The Bertz CT molecular complexity index is 301. The van der Waals surface area contributed by atoms with Crippen LogP contribution < -0.4 is 5.32 Å². The van der Waals surface area contributed by atoms with Crippen LogP contribution in [0.15, 0.2) is 22.8 Å². The van der Waals surface area contributed by atoms with E-state index in [0.717, 1.165) is 32.0 Å². The van der Waals surface area contributed by atoms with E-state index >= 15 is 0 Å². The molecule has 104 valence electrons. The van der Waals surface area contributed by atoms with Gasteiger partial charge in [0.1, 0.15) is 5.76 Å². The zero-order chi connectivity index (χ0) is 13.4. The Balaban J connectivity index is 2.30. The summed E-state index contributed by atoms with van der Waals surface area (Å²) >= 11 is 0. The standard InChI is InChI=1S/C14H26N2O2/c1-5-16(13(3)11-17-4)12(2)9-15-10-14-7-6-8-18-14/h6-8,12-13,15H,5,9-11H2,1-4H3. The van der Waals surface area contributed by atoms with Gasteiger partial charge in [0.25, 0.3) is 0 Å². The van der Waals surface area contributed by atoms with Crippen LogP contribution in [-0.2, 0) is 11.3 Å². The van der Waals surface area contributed by atoms with Crippen LogP contribution in [0.25, 0.3) is 0 Å². The van der Waals surface area contributed by atoms with E-state index in [0.29, 0.717) is 12.1 Å². The molecule has 0 saturated carbocycles. The first kappa shape index (κ1) is 15.2. The Labute approximate surface area is 110 Å². The average Bonchev–Trinajstić information content (AvgIpc) is 2.83. The number of nitrogens with zero attached hydrogens (tertiary/aromatic N) is 1. The van der Waals surface area contributed by atoms with Crippen molar-refractivity contribution >= 4 is 0 Å². The lowest BCUT2D eigenvalue weighted by molar-refractivity contribution is 0.0778. The highest BCUT2D eigenvalue weighted by Gasteiger charge is 2.17. The molecule has 0 spiro atoms. The van der Waals surface area contributed by atoms with Gasteiger partial charge < -0.3 is 14.5 Å². The van der Waals surface area contributed by atoms with E-state index in [1.807, 2.05) is 12.1 Å². The highest BCUT2D eigenvalue weighted by atomic mass is 16.5. The fourth-order valence-corrected chi connectivity index (χ4v) is 2.33. The fraction of sp³-hybridized carbons (Fsp3) is 0.714. The van der Waals surface area contributed by atoms with E-state index in [-0.39, 0.29) is 0 Å². The number of hydrogen-bond donors (Lipinski definition) is 1. The molecule has 0 amide bonds. The van der Waals surface area contributed by atoms with Gasteiger partial charge in [-0.25, -0.2) is 0 Å². The Morgan fingerprint density at radius 1 is 1.39 bits per heavy atom. The number of methoxy groups -OCH3 is 1. The van der Waals surface area contributed by atoms with Crippen molar-refractivity contribution in [1.82, 2.24) is 10.2 Å². The molecule has 1 heterocycles. The first-order chi connectivity index (χ1) is 8.69. The van der Waals surface area contributed by atoms with E-state index in [1.165, 1.54) is 0 Å². The summed E-state index contributed by atoms with van der Waals surface area (Å²) in [7, 11) is 1.75. The van der Waals surface area contributed by atoms with Crippen molar-refractivity contribution in [2.45, 2.75) is 39.4 Å². The summed E-state index contributed by atoms with van der Waals surface area (Å²) < 4.78 is 10.5. The summed E-state index contributed by atoms with van der Waals surface area (Å²) in [6.07, 6.45) is 1.71. The summed E-state index contributed by atoms with van der Waals surface area (Å²) in [4.78, 5) is 2.44. The molecule has 4 heteroatoms. The van der Waals surface area contributed by atoms with Crippen molar-refractivity contribution in [2.24, 2.45) is 0 Å². The van der Waals surface area contributed by atoms with Gasteiger partial charge in [0.2, 0.25) is 0 Å². The molecule has 0 radical (unpaired) electrons. The molecule has 0 fully saturated rings. The molecule has 1 aromatic heterocycles. The average molecular weight is 254 g/mol. The van der Waals surface area contributed by atoms with E-state index in [1.54, 1.807) is 13.4 Å². The summed E-state index contributed by atoms with van der Waals surface area (Å²) in [6, 6.07) is 4.83. The van der Waals surface area contributed by atoms with E-state index in [9.17, 15) is 0 Å². The predicted octanol–water partition coefficient (Wildman–Crippen LogP) is 2.11. The zero-order valence-corrected chi connectivity index (χ0v) is 12.0. The van der Waals surface area contributed by atoms with Crippen molar-refractivity contribution in [3.8, 4) is 0 Å². The third kappa shape index (κ3) is 4.80. The number of furan rings is 1. The second kappa shape index (κ2) is 8.29. The second-order valence-electron chi connectivity index (χ2n) is 4.69. The molecule has 2 unspecified atom stereocenters. The number of nitrogens with one attached hydrogen (secondary N) is 1. The first-order valence-electron chi connectivity index (χ1n) is 6.66. The molecule has 1 N–H and O–H groups in total. The zero-order valence-electron chi connectivity index (χ0n) is 12.0. The third-order valence-electron chi connectivity index (χ3n) is 3.22. The van der Waals surface area contributed by atoms with Gasteiger partial charge in [-0.3, -0.25) is 4.90 Å². The Morgan fingerprint density at radius 2 is 2.17 bits per heavy atom. The summed E-state index contributed by atoms with van der Waals surface area (Å²) in [5.41, 5.74) is 0. The van der Waals surface area contributed by atoms with Crippen LogP contribution in [0.5, 0.6) is 0 Å². The minimum atomic E-state index is 0.445. The molecule has 0 aliphatic heterocycles. The van der Waals surface area contributed by atoms with Gasteiger partial charge in [-0.2, -0.15) is 0 Å². The lowest BCUT2D eigenvalue weighted by atomic mass is 10.2. The Morgan fingerprint density at radius 3 is 2.72 bits per heavy atom. The summed E-state index contributed by atoms with van der Waals surface area (Å²) in [5.74, 6) is 0.982. The molecule has 0 aliphatic carbocycles. The van der Waals surface area contributed by atoms with Crippen LogP contribution in [0.4, 0.5) is 0 Å². The van der Waals surface area contributed by atoms with Crippen molar-refractivity contribution in [3.05, 3.63) is 24.2 Å². The van der Waals surface area contributed by atoms with Gasteiger partial charge in [-0.1, -0.05) is 6.92 Å². The Kier molecular flexibility index (Phi) is 7.01. The van der Waals surface area contributed by atoms with Gasteiger partial charge in [0.05, 0.1) is 19.4 Å². The van der Waals surface area contributed by atoms with E-state index in [4.69, 9.17) is 9.15 Å². The number of ether oxygens (including phenoxy) is 1.